The van der Waals surface area contributed by atoms with Gasteiger partial charge in [0.15, 0.2) is 10.6 Å². The second-order valence-corrected chi connectivity index (χ2v) is 5.30. The lowest BCUT2D eigenvalue weighted by Crippen LogP contribution is -2.22. The van der Waals surface area contributed by atoms with Crippen molar-refractivity contribution in [3.63, 3.8) is 0 Å². The van der Waals surface area contributed by atoms with E-state index in [1.165, 1.54) is 0 Å². The average Bonchev–Trinajstić information content (AvgIpc) is 2.59. The molecule has 0 spiro atoms. The van der Waals surface area contributed by atoms with Crippen LogP contribution in [0.3, 0.4) is 0 Å². The Bertz CT molecular complexity index is 592. The molecule has 0 fully saturated rings. The third-order valence-electron chi connectivity index (χ3n) is 2.45. The first-order chi connectivity index (χ1) is 7.89. The van der Waals surface area contributed by atoms with Gasteiger partial charge in [-0.15, -0.1) is 0 Å². The van der Waals surface area contributed by atoms with E-state index in [4.69, 9.17) is 12.2 Å². The number of rotatable bonds is 1. The molecule has 5 heteroatoms. The second-order valence-electron chi connectivity index (χ2n) is 4.91. The van der Waals surface area contributed by atoms with Crippen LogP contribution in [0.2, 0.25) is 0 Å². The van der Waals surface area contributed by atoms with Crippen molar-refractivity contribution in [3.05, 3.63) is 29.0 Å². The fraction of sp³-hybridized carbons (Fsp3) is 0.333. The second kappa shape index (κ2) is 4.00. The highest BCUT2D eigenvalue weighted by atomic mass is 32.1. The normalized spacial score (nSPS) is 11.7. The van der Waals surface area contributed by atoms with Crippen molar-refractivity contribution in [2.45, 2.75) is 26.3 Å². The highest BCUT2D eigenvalue weighted by Gasteiger charge is 2.20. The summed E-state index contributed by atoms with van der Waals surface area (Å²) in [5.41, 5.74) is 0.678. The number of aromatic amines is 1. The Morgan fingerprint density at radius 3 is 2.65 bits per heavy atom. The van der Waals surface area contributed by atoms with Gasteiger partial charge in [0.2, 0.25) is 0 Å². The van der Waals surface area contributed by atoms with Gasteiger partial charge in [-0.25, -0.2) is 0 Å². The molecule has 1 heterocycles. The Labute approximate surface area is 105 Å². The molecule has 1 aromatic carbocycles. The molecule has 0 radical (unpaired) electrons. The SMILES string of the molecule is CC(C)(C)n1c(-c2cccc(O)c2)n[nH]c1=S. The predicted molar refractivity (Wildman–Crippen MR) is 69.5 cm³/mol. The first-order valence-electron chi connectivity index (χ1n) is 5.37. The Morgan fingerprint density at radius 1 is 1.35 bits per heavy atom. The maximum absolute atomic E-state index is 9.50. The molecule has 0 bridgehead atoms. The molecule has 0 aliphatic heterocycles. The van der Waals surface area contributed by atoms with Crippen molar-refractivity contribution >= 4 is 12.2 Å². The lowest BCUT2D eigenvalue weighted by atomic mass is 10.1. The van der Waals surface area contributed by atoms with Crippen LogP contribution in [-0.2, 0) is 5.54 Å². The van der Waals surface area contributed by atoms with E-state index < -0.39 is 0 Å². The predicted octanol–water partition coefficient (Wildman–Crippen LogP) is 3.07. The summed E-state index contributed by atoms with van der Waals surface area (Å²) in [4.78, 5) is 0. The molecule has 0 amide bonds. The van der Waals surface area contributed by atoms with E-state index in [9.17, 15) is 5.11 Å². The molecule has 2 aromatic rings. The lowest BCUT2D eigenvalue weighted by Gasteiger charge is -2.22. The fourth-order valence-corrected chi connectivity index (χ4v) is 2.16. The number of nitrogens with one attached hydrogen (secondary N) is 1. The van der Waals surface area contributed by atoms with Gasteiger partial charge >= 0.3 is 0 Å². The molecular formula is C12H15N3OS. The molecule has 0 aliphatic carbocycles. The van der Waals surface area contributed by atoms with E-state index in [0.29, 0.717) is 4.77 Å². The van der Waals surface area contributed by atoms with E-state index in [1.54, 1.807) is 18.2 Å². The maximum Gasteiger partial charge on any atom is 0.195 e. The molecule has 90 valence electrons. The number of hydrogen-bond acceptors (Lipinski definition) is 3. The van der Waals surface area contributed by atoms with Crippen LogP contribution < -0.4 is 0 Å². The fourth-order valence-electron chi connectivity index (χ4n) is 1.76. The van der Waals surface area contributed by atoms with Crippen LogP contribution in [0.15, 0.2) is 24.3 Å². The van der Waals surface area contributed by atoms with Crippen molar-refractivity contribution in [1.29, 1.82) is 0 Å². The minimum Gasteiger partial charge on any atom is -0.508 e. The summed E-state index contributed by atoms with van der Waals surface area (Å²) in [6.07, 6.45) is 0. The van der Waals surface area contributed by atoms with Crippen LogP contribution in [0.4, 0.5) is 0 Å². The lowest BCUT2D eigenvalue weighted by molar-refractivity contribution is 0.395. The summed E-state index contributed by atoms with van der Waals surface area (Å²) >= 11 is 5.24. The van der Waals surface area contributed by atoms with Gasteiger partial charge in [-0.1, -0.05) is 12.1 Å². The van der Waals surface area contributed by atoms with Crippen molar-refractivity contribution < 1.29 is 5.11 Å². The summed E-state index contributed by atoms with van der Waals surface area (Å²) < 4.78 is 2.52. The van der Waals surface area contributed by atoms with Gasteiger partial charge in [0.05, 0.1) is 0 Å². The molecule has 4 nitrogen and oxygen atoms in total. The zero-order valence-corrected chi connectivity index (χ0v) is 10.9. The highest BCUT2D eigenvalue weighted by molar-refractivity contribution is 7.71. The highest BCUT2D eigenvalue weighted by Crippen LogP contribution is 2.26. The third-order valence-corrected chi connectivity index (χ3v) is 2.72. The average molecular weight is 249 g/mol. The number of hydrogen-bond donors (Lipinski definition) is 2. The quantitative estimate of drug-likeness (QED) is 0.764. The largest absolute Gasteiger partial charge is 0.508 e. The molecular weight excluding hydrogens is 234 g/mol. The molecule has 0 atom stereocenters. The number of aromatic hydroxyl groups is 1. The Balaban J connectivity index is 2.66. The van der Waals surface area contributed by atoms with Crippen LogP contribution in [-0.4, -0.2) is 19.9 Å². The van der Waals surface area contributed by atoms with E-state index >= 15 is 0 Å². The number of benzene rings is 1. The van der Waals surface area contributed by atoms with Crippen LogP contribution in [0.5, 0.6) is 5.75 Å². The number of phenolic OH excluding ortho intramolecular Hbond substituents is 1. The topological polar surface area (TPSA) is 53.8 Å². The Hall–Kier alpha value is -1.62. The van der Waals surface area contributed by atoms with Gasteiger partial charge < -0.3 is 5.11 Å². The van der Waals surface area contributed by atoms with Crippen molar-refractivity contribution in [2.24, 2.45) is 0 Å². The molecule has 0 unspecified atom stereocenters. The molecule has 1 aromatic heterocycles. The number of nitrogens with zero attached hydrogens (tertiary/aromatic N) is 2. The summed E-state index contributed by atoms with van der Waals surface area (Å²) in [5.74, 6) is 0.954. The molecule has 17 heavy (non-hydrogen) atoms. The van der Waals surface area contributed by atoms with Crippen LogP contribution >= 0.6 is 12.2 Å². The van der Waals surface area contributed by atoms with Crippen LogP contribution in [0.1, 0.15) is 20.8 Å². The van der Waals surface area contributed by atoms with E-state index in [0.717, 1.165) is 11.4 Å². The third kappa shape index (κ3) is 2.24. The molecule has 2 rings (SSSR count). The molecule has 0 saturated heterocycles. The van der Waals surface area contributed by atoms with Gasteiger partial charge in [-0.3, -0.25) is 9.67 Å². The summed E-state index contributed by atoms with van der Waals surface area (Å²) in [7, 11) is 0. The standard InChI is InChI=1S/C12H15N3OS/c1-12(2,3)15-10(13-14-11(15)17)8-5-4-6-9(16)7-8/h4-7,16H,1-3H3,(H,14,17). The Morgan fingerprint density at radius 2 is 2.06 bits per heavy atom. The molecule has 0 saturated carbocycles. The van der Waals surface area contributed by atoms with E-state index in [1.807, 2.05) is 10.6 Å². The summed E-state index contributed by atoms with van der Waals surface area (Å²) in [6, 6.07) is 6.99. The van der Waals surface area contributed by atoms with Crippen LogP contribution in [0.25, 0.3) is 11.4 Å². The van der Waals surface area contributed by atoms with Gasteiger partial charge in [-0.2, -0.15) is 5.10 Å². The van der Waals surface area contributed by atoms with Gasteiger partial charge in [0.1, 0.15) is 5.75 Å². The van der Waals surface area contributed by atoms with Gasteiger partial charge in [0, 0.05) is 11.1 Å². The molecule has 0 aliphatic rings. The first-order valence-corrected chi connectivity index (χ1v) is 5.78. The van der Waals surface area contributed by atoms with Crippen molar-refractivity contribution in [2.75, 3.05) is 0 Å². The molecule has 2 N–H and O–H groups in total. The zero-order chi connectivity index (χ0) is 12.6. The number of H-pyrrole nitrogens is 1. The van der Waals surface area contributed by atoms with Gasteiger partial charge in [-0.05, 0) is 45.1 Å². The van der Waals surface area contributed by atoms with E-state index in [2.05, 4.69) is 31.0 Å². The number of aromatic nitrogens is 3. The Kier molecular flexibility index (Phi) is 2.79. The first kappa shape index (κ1) is 11.9. The monoisotopic (exact) mass is 249 g/mol. The van der Waals surface area contributed by atoms with Crippen molar-refractivity contribution in [1.82, 2.24) is 14.8 Å². The number of phenols is 1. The van der Waals surface area contributed by atoms with Gasteiger partial charge in [0.25, 0.3) is 0 Å². The minimum absolute atomic E-state index is 0.162. The van der Waals surface area contributed by atoms with Crippen molar-refractivity contribution in [3.8, 4) is 17.1 Å². The maximum atomic E-state index is 9.50. The summed E-state index contributed by atoms with van der Waals surface area (Å²) in [5, 5.41) is 16.5. The van der Waals surface area contributed by atoms with E-state index in [-0.39, 0.29) is 11.3 Å². The minimum atomic E-state index is -0.162. The van der Waals surface area contributed by atoms with Crippen LogP contribution in [0, 0.1) is 4.77 Å². The smallest absolute Gasteiger partial charge is 0.195 e. The summed E-state index contributed by atoms with van der Waals surface area (Å²) in [6.45, 7) is 6.18. The zero-order valence-electron chi connectivity index (χ0n) is 10.1.